The van der Waals surface area contributed by atoms with Gasteiger partial charge in [-0.2, -0.15) is 0 Å². The van der Waals surface area contributed by atoms with Crippen molar-refractivity contribution in [1.82, 2.24) is 4.90 Å². The maximum atomic E-state index is 13.1. The minimum absolute atomic E-state index is 0.0169. The van der Waals surface area contributed by atoms with E-state index in [9.17, 15) is 9.59 Å². The molecule has 1 aliphatic heterocycles. The van der Waals surface area contributed by atoms with E-state index in [1.807, 2.05) is 53.4 Å². The van der Waals surface area contributed by atoms with Crippen molar-refractivity contribution in [3.05, 3.63) is 59.2 Å². The van der Waals surface area contributed by atoms with E-state index >= 15 is 0 Å². The summed E-state index contributed by atoms with van der Waals surface area (Å²) < 4.78 is 0. The Kier molecular flexibility index (Phi) is 6.83. The average molecular weight is 404 g/mol. The number of amidine groups is 1. The summed E-state index contributed by atoms with van der Waals surface area (Å²) in [5.41, 5.74) is 10.8. The van der Waals surface area contributed by atoms with Gasteiger partial charge in [0.25, 0.3) is 0 Å². The molecule has 0 spiro atoms. The summed E-state index contributed by atoms with van der Waals surface area (Å²) in [6, 6.07) is 13.4. The highest BCUT2D eigenvalue weighted by molar-refractivity contribution is 6.06. The highest BCUT2D eigenvalue weighted by Gasteiger charge is 2.21. The summed E-state index contributed by atoms with van der Waals surface area (Å²) in [6.07, 6.45) is 4.06. The summed E-state index contributed by atoms with van der Waals surface area (Å²) in [6.45, 7) is 7.17. The fourth-order valence-corrected chi connectivity index (χ4v) is 3.80. The van der Waals surface area contributed by atoms with Crippen LogP contribution in [0.1, 0.15) is 56.0 Å². The zero-order valence-corrected chi connectivity index (χ0v) is 17.9. The van der Waals surface area contributed by atoms with Gasteiger partial charge in [-0.1, -0.05) is 50.2 Å². The Morgan fingerprint density at radius 1 is 1.07 bits per heavy atom. The van der Waals surface area contributed by atoms with Gasteiger partial charge in [-0.3, -0.25) is 9.59 Å². The molecule has 0 radical (unpaired) electrons. The highest BCUT2D eigenvalue weighted by atomic mass is 16.2. The van der Waals surface area contributed by atoms with Gasteiger partial charge in [-0.05, 0) is 43.0 Å². The molecule has 30 heavy (non-hydrogen) atoms. The van der Waals surface area contributed by atoms with E-state index in [0.717, 1.165) is 42.6 Å². The number of ketones is 1. The van der Waals surface area contributed by atoms with Crippen LogP contribution in [-0.4, -0.2) is 35.5 Å². The molecule has 0 aliphatic carbocycles. The van der Waals surface area contributed by atoms with Crippen LogP contribution < -0.4 is 5.73 Å². The molecule has 1 aliphatic rings. The quantitative estimate of drug-likeness (QED) is 0.662. The number of hydrogen-bond donors (Lipinski definition) is 1. The van der Waals surface area contributed by atoms with E-state index < -0.39 is 0 Å². The van der Waals surface area contributed by atoms with Gasteiger partial charge in [0.1, 0.15) is 5.84 Å². The van der Waals surface area contributed by atoms with Gasteiger partial charge >= 0.3 is 0 Å². The van der Waals surface area contributed by atoms with Gasteiger partial charge < -0.3 is 10.6 Å². The van der Waals surface area contributed by atoms with Crippen LogP contribution in [0.3, 0.4) is 0 Å². The fraction of sp³-hybridized carbons (Fsp3) is 0.320. The number of rotatable bonds is 7. The fourth-order valence-electron chi connectivity index (χ4n) is 3.80. The number of aliphatic imine (C=N–C) groups is 1. The Bertz CT molecular complexity index is 1010. The number of hydrogen-bond acceptors (Lipinski definition) is 4. The molecule has 3 rings (SSSR count). The van der Waals surface area contributed by atoms with Crippen LogP contribution >= 0.6 is 0 Å². The molecular weight excluding hydrogens is 374 g/mol. The minimum Gasteiger partial charge on any atom is -0.387 e. The van der Waals surface area contributed by atoms with Crippen molar-refractivity contribution in [2.75, 3.05) is 13.1 Å². The predicted octanol–water partition coefficient (Wildman–Crippen LogP) is 4.98. The third-order valence-corrected chi connectivity index (χ3v) is 5.16. The van der Waals surface area contributed by atoms with Gasteiger partial charge in [-0.15, -0.1) is 0 Å². The van der Waals surface area contributed by atoms with Gasteiger partial charge in [0.15, 0.2) is 5.78 Å². The number of carbonyl (C=O) groups excluding carboxylic acids is 2. The van der Waals surface area contributed by atoms with E-state index in [4.69, 9.17) is 5.73 Å². The smallest absolute Gasteiger partial charge is 0.250 e. The number of nitrogens with two attached hydrogens (primary N) is 1. The summed E-state index contributed by atoms with van der Waals surface area (Å²) in [7, 11) is 0. The van der Waals surface area contributed by atoms with E-state index in [0.29, 0.717) is 29.1 Å². The van der Waals surface area contributed by atoms with Crippen molar-refractivity contribution in [1.29, 1.82) is 0 Å². The summed E-state index contributed by atoms with van der Waals surface area (Å²) in [4.78, 5) is 31.6. The lowest BCUT2D eigenvalue weighted by atomic mass is 9.95. The molecule has 2 aromatic rings. The lowest BCUT2D eigenvalue weighted by Crippen LogP contribution is -2.34. The molecule has 156 valence electrons. The van der Waals surface area contributed by atoms with Crippen molar-refractivity contribution in [2.24, 2.45) is 10.7 Å². The summed E-state index contributed by atoms with van der Waals surface area (Å²) in [5.74, 6) is 0.456. The molecular formula is C25H29N3O2. The first kappa shape index (κ1) is 21.5. The Balaban J connectivity index is 2.02. The normalized spacial score (nSPS) is 13.0. The van der Waals surface area contributed by atoms with Gasteiger partial charge in [0, 0.05) is 36.2 Å². The van der Waals surface area contributed by atoms with Crippen molar-refractivity contribution >= 4 is 29.3 Å². The molecule has 0 fully saturated rings. The summed E-state index contributed by atoms with van der Waals surface area (Å²) in [5, 5.41) is 0. The lowest BCUT2D eigenvalue weighted by molar-refractivity contribution is -0.127. The molecule has 1 heterocycles. The molecule has 1 amide bonds. The molecule has 2 N–H and O–H groups in total. The van der Waals surface area contributed by atoms with Crippen LogP contribution in [0.15, 0.2) is 53.0 Å². The topological polar surface area (TPSA) is 75.8 Å². The second-order valence-corrected chi connectivity index (χ2v) is 7.62. The molecule has 0 saturated heterocycles. The Hall–Kier alpha value is -3.21. The molecule has 0 unspecified atom stereocenters. The first-order valence-corrected chi connectivity index (χ1v) is 10.5. The standard InChI is InChI=1S/C25H29N3O2/c1-4-12-28(13-5-2)25(30)20-14-19-11-10-18(15-23(19)27-24(26)16-20)22-9-7-6-8-21(22)17(3)29/h6-11,14-15H,4-5,12-13,16H2,1-3H3,(H2,26,27). The average Bonchev–Trinajstić information content (AvgIpc) is 2.90. The number of fused-ring (bicyclic) bond motifs is 1. The Morgan fingerprint density at radius 3 is 2.43 bits per heavy atom. The highest BCUT2D eigenvalue weighted by Crippen LogP contribution is 2.33. The molecule has 5 nitrogen and oxygen atoms in total. The van der Waals surface area contributed by atoms with E-state index in [-0.39, 0.29) is 11.7 Å². The van der Waals surface area contributed by atoms with Crippen molar-refractivity contribution in [3.63, 3.8) is 0 Å². The molecule has 0 aromatic heterocycles. The number of Topliss-reactive ketones (excluding diaryl/α,β-unsaturated/α-hetero) is 1. The molecule has 0 saturated carbocycles. The zero-order chi connectivity index (χ0) is 21.7. The monoisotopic (exact) mass is 403 g/mol. The van der Waals surface area contributed by atoms with Crippen LogP contribution in [0, 0.1) is 0 Å². The van der Waals surface area contributed by atoms with Crippen molar-refractivity contribution in [3.8, 4) is 11.1 Å². The maximum absolute atomic E-state index is 13.1. The number of amides is 1. The molecule has 2 aromatic carbocycles. The lowest BCUT2D eigenvalue weighted by Gasteiger charge is -2.22. The third-order valence-electron chi connectivity index (χ3n) is 5.16. The van der Waals surface area contributed by atoms with E-state index in [1.165, 1.54) is 0 Å². The van der Waals surface area contributed by atoms with Gasteiger partial charge in [-0.25, -0.2) is 4.99 Å². The second-order valence-electron chi connectivity index (χ2n) is 7.62. The summed E-state index contributed by atoms with van der Waals surface area (Å²) >= 11 is 0. The largest absolute Gasteiger partial charge is 0.387 e. The SMILES string of the molecule is CCCN(CCC)C(=O)C1=Cc2ccc(-c3ccccc3C(C)=O)cc2N=C(N)C1. The molecule has 5 heteroatoms. The van der Waals surface area contributed by atoms with Crippen LogP contribution in [0.2, 0.25) is 0 Å². The number of benzene rings is 2. The van der Waals surface area contributed by atoms with E-state index in [1.54, 1.807) is 6.92 Å². The molecule has 0 bridgehead atoms. The number of nitrogens with zero attached hydrogens (tertiary/aromatic N) is 2. The Labute approximate surface area is 178 Å². The molecule has 0 atom stereocenters. The van der Waals surface area contributed by atoms with Crippen molar-refractivity contribution < 1.29 is 9.59 Å². The minimum atomic E-state index is 0.0169. The number of carbonyl (C=O) groups is 2. The van der Waals surface area contributed by atoms with Crippen LogP contribution in [-0.2, 0) is 4.79 Å². The first-order valence-electron chi connectivity index (χ1n) is 10.5. The first-order chi connectivity index (χ1) is 14.4. The van der Waals surface area contributed by atoms with Gasteiger partial charge in [0.05, 0.1) is 5.69 Å². The van der Waals surface area contributed by atoms with Crippen LogP contribution in [0.25, 0.3) is 17.2 Å². The predicted molar refractivity (Wildman–Crippen MR) is 123 cm³/mol. The maximum Gasteiger partial charge on any atom is 0.250 e. The zero-order valence-electron chi connectivity index (χ0n) is 17.9. The second kappa shape index (κ2) is 9.53. The third kappa shape index (κ3) is 4.67. The van der Waals surface area contributed by atoms with Crippen molar-refractivity contribution in [2.45, 2.75) is 40.0 Å². The van der Waals surface area contributed by atoms with E-state index in [2.05, 4.69) is 18.8 Å². The van der Waals surface area contributed by atoms with Gasteiger partial charge in [0.2, 0.25) is 5.91 Å². The van der Waals surface area contributed by atoms with Crippen LogP contribution in [0.4, 0.5) is 5.69 Å². The van der Waals surface area contributed by atoms with Crippen LogP contribution in [0.5, 0.6) is 0 Å². The Morgan fingerprint density at radius 2 is 1.77 bits per heavy atom.